The van der Waals surface area contributed by atoms with E-state index < -0.39 is 28.5 Å². The molecule has 44 heavy (non-hydrogen) atoms. The van der Waals surface area contributed by atoms with Crippen LogP contribution in [0.15, 0.2) is 108 Å². The molecule has 4 aromatic rings. The minimum absolute atomic E-state index is 0.0891. The number of nitrogens with zero attached hydrogens (tertiary/aromatic N) is 2. The van der Waals surface area contributed by atoms with Gasteiger partial charge in [0.2, 0.25) is 11.8 Å². The van der Waals surface area contributed by atoms with Gasteiger partial charge >= 0.3 is 0 Å². The predicted octanol–water partition coefficient (Wildman–Crippen LogP) is 5.97. The van der Waals surface area contributed by atoms with Crippen LogP contribution in [0, 0.1) is 20.8 Å². The third-order valence-electron chi connectivity index (χ3n) is 7.40. The van der Waals surface area contributed by atoms with Gasteiger partial charge in [-0.15, -0.1) is 0 Å². The minimum atomic E-state index is -4.14. The van der Waals surface area contributed by atoms with Crippen molar-refractivity contribution in [3.05, 3.63) is 131 Å². The lowest BCUT2D eigenvalue weighted by Crippen LogP contribution is -2.53. The fraction of sp³-hybridized carbons (Fsp3) is 0.278. The Morgan fingerprint density at radius 2 is 1.32 bits per heavy atom. The van der Waals surface area contributed by atoms with Gasteiger partial charge in [-0.05, 0) is 73.7 Å². The number of carbonyl (C=O) groups is 2. The van der Waals surface area contributed by atoms with Crippen LogP contribution in [-0.4, -0.2) is 44.3 Å². The second-order valence-corrected chi connectivity index (χ2v) is 13.0. The van der Waals surface area contributed by atoms with Crippen LogP contribution in [0.4, 0.5) is 5.69 Å². The fourth-order valence-corrected chi connectivity index (χ4v) is 6.56. The van der Waals surface area contributed by atoms with Crippen molar-refractivity contribution in [2.45, 2.75) is 58.0 Å². The smallest absolute Gasteiger partial charge is 0.264 e. The molecule has 2 amide bonds. The lowest BCUT2D eigenvalue weighted by atomic mass is 10.0. The Morgan fingerprint density at radius 1 is 0.750 bits per heavy atom. The molecule has 0 radical (unpaired) electrons. The molecule has 4 rings (SSSR count). The Balaban J connectivity index is 1.80. The van der Waals surface area contributed by atoms with Crippen molar-refractivity contribution in [2.75, 3.05) is 17.4 Å². The van der Waals surface area contributed by atoms with Crippen molar-refractivity contribution in [1.82, 2.24) is 10.2 Å². The molecular weight excluding hydrogens is 570 g/mol. The van der Waals surface area contributed by atoms with Gasteiger partial charge < -0.3 is 10.2 Å². The van der Waals surface area contributed by atoms with Crippen LogP contribution in [0.1, 0.15) is 41.2 Å². The molecule has 0 heterocycles. The Hall–Kier alpha value is -4.43. The summed E-state index contributed by atoms with van der Waals surface area (Å²) in [4.78, 5) is 29.8. The van der Waals surface area contributed by atoms with E-state index in [0.717, 1.165) is 34.2 Å². The van der Waals surface area contributed by atoms with Crippen LogP contribution in [0.3, 0.4) is 0 Å². The SMILES string of the molecule is CCCNC(=O)[C@@H](Cc1ccccc1)N(Cc1ccccc1)C(=O)CN(c1cc(C)cc(C)c1)S(=O)(=O)c1ccc(C)cc1. The normalized spacial score (nSPS) is 11.9. The van der Waals surface area contributed by atoms with Gasteiger partial charge in [0.25, 0.3) is 10.0 Å². The number of anilines is 1. The summed E-state index contributed by atoms with van der Waals surface area (Å²) in [5, 5.41) is 2.97. The maximum absolute atomic E-state index is 14.5. The third kappa shape index (κ3) is 8.35. The van der Waals surface area contributed by atoms with Crippen molar-refractivity contribution in [2.24, 2.45) is 0 Å². The van der Waals surface area contributed by atoms with E-state index in [4.69, 9.17) is 0 Å². The average molecular weight is 612 g/mol. The number of rotatable bonds is 13. The first-order valence-electron chi connectivity index (χ1n) is 14.9. The van der Waals surface area contributed by atoms with Crippen LogP contribution in [0.25, 0.3) is 0 Å². The number of sulfonamides is 1. The molecule has 0 aliphatic heterocycles. The van der Waals surface area contributed by atoms with Gasteiger partial charge in [0.1, 0.15) is 12.6 Å². The van der Waals surface area contributed by atoms with Crippen molar-refractivity contribution in [3.8, 4) is 0 Å². The van der Waals surface area contributed by atoms with Gasteiger partial charge in [0.15, 0.2) is 0 Å². The van der Waals surface area contributed by atoms with Gasteiger partial charge in [-0.1, -0.05) is 91.3 Å². The van der Waals surface area contributed by atoms with E-state index in [9.17, 15) is 18.0 Å². The zero-order valence-electron chi connectivity index (χ0n) is 25.9. The fourth-order valence-electron chi connectivity index (χ4n) is 5.16. The molecule has 0 saturated heterocycles. The van der Waals surface area contributed by atoms with Crippen LogP contribution in [0.2, 0.25) is 0 Å². The highest BCUT2D eigenvalue weighted by Gasteiger charge is 2.34. The summed E-state index contributed by atoms with van der Waals surface area (Å²) in [6, 6.07) is 30.2. The number of benzene rings is 4. The van der Waals surface area contributed by atoms with Crippen LogP contribution in [-0.2, 0) is 32.6 Å². The Morgan fingerprint density at radius 3 is 1.89 bits per heavy atom. The molecule has 0 aliphatic rings. The average Bonchev–Trinajstić information content (AvgIpc) is 3.01. The number of hydrogen-bond donors (Lipinski definition) is 1. The highest BCUT2D eigenvalue weighted by molar-refractivity contribution is 7.92. The second-order valence-electron chi connectivity index (χ2n) is 11.2. The number of aryl methyl sites for hydroxylation is 3. The molecule has 0 saturated carbocycles. The topological polar surface area (TPSA) is 86.8 Å². The summed E-state index contributed by atoms with van der Waals surface area (Å²) in [7, 11) is -4.14. The quantitative estimate of drug-likeness (QED) is 0.202. The standard InChI is InChI=1S/C36H41N3O4S/c1-5-20-37-36(41)34(24-30-12-8-6-9-13-30)38(25-31-14-10-7-11-15-31)35(40)26-39(32-22-28(3)21-29(4)23-32)44(42,43)33-18-16-27(2)17-19-33/h6-19,21-23,34H,5,20,24-26H2,1-4H3,(H,37,41)/t34-/m1/s1. The number of hydrogen-bond acceptors (Lipinski definition) is 4. The van der Waals surface area contributed by atoms with E-state index in [0.29, 0.717) is 12.2 Å². The van der Waals surface area contributed by atoms with Gasteiger partial charge in [-0.3, -0.25) is 13.9 Å². The molecule has 230 valence electrons. The van der Waals surface area contributed by atoms with E-state index in [1.807, 2.05) is 94.4 Å². The Kier molecular flexibility index (Phi) is 11.0. The van der Waals surface area contributed by atoms with Crippen LogP contribution < -0.4 is 9.62 Å². The molecular formula is C36H41N3O4S. The maximum atomic E-state index is 14.5. The zero-order chi connectivity index (χ0) is 31.7. The van der Waals surface area contributed by atoms with Gasteiger partial charge in [-0.2, -0.15) is 0 Å². The second kappa shape index (κ2) is 14.8. The van der Waals surface area contributed by atoms with Crippen molar-refractivity contribution in [1.29, 1.82) is 0 Å². The minimum Gasteiger partial charge on any atom is -0.354 e. The number of nitrogens with one attached hydrogen (secondary N) is 1. The Bertz CT molecular complexity index is 1640. The number of amides is 2. The molecule has 1 atom stereocenters. The molecule has 1 N–H and O–H groups in total. The van der Waals surface area contributed by atoms with Crippen molar-refractivity contribution in [3.63, 3.8) is 0 Å². The highest BCUT2D eigenvalue weighted by Crippen LogP contribution is 2.27. The third-order valence-corrected chi connectivity index (χ3v) is 9.19. The molecule has 0 aromatic heterocycles. The first-order chi connectivity index (χ1) is 21.1. The zero-order valence-corrected chi connectivity index (χ0v) is 26.7. The first-order valence-corrected chi connectivity index (χ1v) is 16.3. The highest BCUT2D eigenvalue weighted by atomic mass is 32.2. The van der Waals surface area contributed by atoms with E-state index >= 15 is 0 Å². The summed E-state index contributed by atoms with van der Waals surface area (Å²) < 4.78 is 29.6. The molecule has 0 spiro atoms. The van der Waals surface area contributed by atoms with E-state index in [-0.39, 0.29) is 23.8 Å². The molecule has 7 nitrogen and oxygen atoms in total. The van der Waals surface area contributed by atoms with Crippen molar-refractivity contribution >= 4 is 27.5 Å². The van der Waals surface area contributed by atoms with Gasteiger partial charge in [-0.25, -0.2) is 8.42 Å². The lowest BCUT2D eigenvalue weighted by molar-refractivity contribution is -0.140. The molecule has 0 bridgehead atoms. The summed E-state index contributed by atoms with van der Waals surface area (Å²) in [6.07, 6.45) is 1.02. The summed E-state index contributed by atoms with van der Waals surface area (Å²) in [6.45, 7) is 7.78. The summed E-state index contributed by atoms with van der Waals surface area (Å²) in [5.41, 5.74) is 4.80. The largest absolute Gasteiger partial charge is 0.354 e. The summed E-state index contributed by atoms with van der Waals surface area (Å²) in [5.74, 6) is -0.754. The molecule has 0 fully saturated rings. The monoisotopic (exact) mass is 611 g/mol. The first kappa shape index (κ1) is 32.5. The van der Waals surface area contributed by atoms with Crippen LogP contribution >= 0.6 is 0 Å². The molecule has 0 aliphatic carbocycles. The van der Waals surface area contributed by atoms with E-state index in [1.54, 1.807) is 36.4 Å². The lowest BCUT2D eigenvalue weighted by Gasteiger charge is -2.34. The van der Waals surface area contributed by atoms with E-state index in [2.05, 4.69) is 5.32 Å². The van der Waals surface area contributed by atoms with Gasteiger partial charge in [0, 0.05) is 19.5 Å². The molecule has 0 unspecified atom stereocenters. The van der Waals surface area contributed by atoms with Gasteiger partial charge in [0.05, 0.1) is 10.6 Å². The predicted molar refractivity (Wildman–Crippen MR) is 176 cm³/mol. The van der Waals surface area contributed by atoms with E-state index in [1.165, 1.54) is 9.21 Å². The number of carbonyl (C=O) groups excluding carboxylic acids is 2. The summed E-state index contributed by atoms with van der Waals surface area (Å²) >= 11 is 0. The van der Waals surface area contributed by atoms with Crippen LogP contribution in [0.5, 0.6) is 0 Å². The van der Waals surface area contributed by atoms with Crippen molar-refractivity contribution < 1.29 is 18.0 Å². The Labute approximate surface area is 261 Å². The molecule has 8 heteroatoms. The maximum Gasteiger partial charge on any atom is 0.264 e. The molecule has 4 aromatic carbocycles.